The van der Waals surface area contributed by atoms with Crippen LogP contribution in [0.3, 0.4) is 0 Å². The summed E-state index contributed by atoms with van der Waals surface area (Å²) >= 11 is 0. The van der Waals surface area contributed by atoms with Crippen LogP contribution in [-0.2, 0) is 4.79 Å². The highest BCUT2D eigenvalue weighted by molar-refractivity contribution is 5.80. The van der Waals surface area contributed by atoms with E-state index in [-0.39, 0.29) is 10.8 Å². The van der Waals surface area contributed by atoms with E-state index in [0.717, 1.165) is 25.7 Å². The third-order valence-electron chi connectivity index (χ3n) is 3.91. The Kier molecular flexibility index (Phi) is 2.84. The van der Waals surface area contributed by atoms with Gasteiger partial charge in [0.25, 0.3) is 0 Å². The zero-order chi connectivity index (χ0) is 10.1. The molecule has 76 valence electrons. The van der Waals surface area contributed by atoms with Gasteiger partial charge in [0.1, 0.15) is 5.78 Å². The van der Waals surface area contributed by atoms with Crippen molar-refractivity contribution in [3.63, 3.8) is 0 Å². The van der Waals surface area contributed by atoms with Crippen LogP contribution in [0, 0.1) is 10.8 Å². The smallest absolute Gasteiger partial charge is 0.133 e. The molecule has 0 saturated heterocycles. The normalized spacial score (nSPS) is 30.6. The second-order valence-corrected chi connectivity index (χ2v) is 5.45. The molecule has 1 rings (SSSR count). The Morgan fingerprint density at radius 2 is 2.00 bits per heavy atom. The van der Waals surface area contributed by atoms with Crippen LogP contribution in [0.15, 0.2) is 0 Å². The van der Waals surface area contributed by atoms with Crippen molar-refractivity contribution >= 4 is 5.78 Å². The molecule has 0 aromatic rings. The van der Waals surface area contributed by atoms with Crippen molar-refractivity contribution in [2.45, 2.75) is 59.8 Å². The molecule has 0 aromatic heterocycles. The van der Waals surface area contributed by atoms with E-state index < -0.39 is 0 Å². The maximum absolute atomic E-state index is 11.5. The van der Waals surface area contributed by atoms with E-state index in [1.54, 1.807) is 0 Å². The fourth-order valence-corrected chi connectivity index (χ4v) is 2.65. The van der Waals surface area contributed by atoms with E-state index in [0.29, 0.717) is 5.78 Å². The SMILES string of the molecule is CCC1(C(C)(C)C)CCCC(=O)C1. The standard InChI is InChI=1S/C12H22O/c1-5-12(11(2,3)4)8-6-7-10(13)9-12/h5-9H2,1-4H3. The predicted molar refractivity (Wildman–Crippen MR) is 55.7 cm³/mol. The Bertz CT molecular complexity index is 200. The van der Waals surface area contributed by atoms with Gasteiger partial charge in [-0.05, 0) is 30.1 Å². The minimum absolute atomic E-state index is 0.276. The Hall–Kier alpha value is -0.330. The molecule has 1 aliphatic rings. The second-order valence-electron chi connectivity index (χ2n) is 5.45. The number of carbonyl (C=O) groups excluding carboxylic acids is 1. The van der Waals surface area contributed by atoms with Crippen LogP contribution in [0.4, 0.5) is 0 Å². The highest BCUT2D eigenvalue weighted by Crippen LogP contribution is 2.50. The molecule has 0 amide bonds. The van der Waals surface area contributed by atoms with Crippen molar-refractivity contribution in [2.75, 3.05) is 0 Å². The molecule has 0 N–H and O–H groups in total. The molecule has 13 heavy (non-hydrogen) atoms. The zero-order valence-electron chi connectivity index (χ0n) is 9.44. The predicted octanol–water partition coefficient (Wildman–Crippen LogP) is 3.57. The van der Waals surface area contributed by atoms with Crippen LogP contribution in [0.25, 0.3) is 0 Å². The Balaban J connectivity index is 2.86. The molecule has 1 nitrogen and oxygen atoms in total. The maximum atomic E-state index is 11.5. The van der Waals surface area contributed by atoms with Gasteiger partial charge < -0.3 is 0 Å². The number of hydrogen-bond donors (Lipinski definition) is 0. The average molecular weight is 182 g/mol. The number of Topliss-reactive ketones (excluding diaryl/α,β-unsaturated/α-hetero) is 1. The van der Waals surface area contributed by atoms with Gasteiger partial charge in [-0.3, -0.25) is 4.79 Å². The highest BCUT2D eigenvalue weighted by Gasteiger charge is 2.43. The quantitative estimate of drug-likeness (QED) is 0.606. The van der Waals surface area contributed by atoms with Crippen molar-refractivity contribution in [1.29, 1.82) is 0 Å². The van der Waals surface area contributed by atoms with Gasteiger partial charge in [0.15, 0.2) is 0 Å². The maximum Gasteiger partial charge on any atom is 0.133 e. The molecule has 0 aliphatic heterocycles. The summed E-state index contributed by atoms with van der Waals surface area (Å²) in [5.41, 5.74) is 0.556. The number of carbonyl (C=O) groups is 1. The van der Waals surface area contributed by atoms with Gasteiger partial charge in [-0.15, -0.1) is 0 Å². The minimum atomic E-state index is 0.276. The first-order valence-electron chi connectivity index (χ1n) is 5.43. The Morgan fingerprint density at radius 3 is 2.31 bits per heavy atom. The first kappa shape index (κ1) is 10.7. The lowest BCUT2D eigenvalue weighted by Gasteiger charge is -2.46. The van der Waals surface area contributed by atoms with E-state index in [1.807, 2.05) is 0 Å². The van der Waals surface area contributed by atoms with E-state index in [4.69, 9.17) is 0 Å². The van der Waals surface area contributed by atoms with E-state index in [2.05, 4.69) is 27.7 Å². The van der Waals surface area contributed by atoms with Crippen LogP contribution >= 0.6 is 0 Å². The fourth-order valence-electron chi connectivity index (χ4n) is 2.65. The summed E-state index contributed by atoms with van der Waals surface area (Å²) in [5.74, 6) is 0.475. The van der Waals surface area contributed by atoms with E-state index in [1.165, 1.54) is 6.42 Å². The van der Waals surface area contributed by atoms with Crippen LogP contribution in [0.1, 0.15) is 59.8 Å². The van der Waals surface area contributed by atoms with Crippen molar-refractivity contribution in [3.05, 3.63) is 0 Å². The molecule has 0 spiro atoms. The Morgan fingerprint density at radius 1 is 1.38 bits per heavy atom. The summed E-state index contributed by atoms with van der Waals surface area (Å²) in [7, 11) is 0. The van der Waals surface area contributed by atoms with Gasteiger partial charge in [0, 0.05) is 12.8 Å². The average Bonchev–Trinajstić information content (AvgIpc) is 2.02. The summed E-state index contributed by atoms with van der Waals surface area (Å²) in [6.07, 6.45) is 5.11. The van der Waals surface area contributed by atoms with Crippen molar-refractivity contribution in [3.8, 4) is 0 Å². The molecule has 1 fully saturated rings. The lowest BCUT2D eigenvalue weighted by Crippen LogP contribution is -2.39. The van der Waals surface area contributed by atoms with Crippen LogP contribution in [0.5, 0.6) is 0 Å². The summed E-state index contributed by atoms with van der Waals surface area (Å²) in [5, 5.41) is 0. The number of ketones is 1. The summed E-state index contributed by atoms with van der Waals surface area (Å²) < 4.78 is 0. The number of rotatable bonds is 1. The summed E-state index contributed by atoms with van der Waals surface area (Å²) in [6, 6.07) is 0. The lowest BCUT2D eigenvalue weighted by molar-refractivity contribution is -0.127. The molecular weight excluding hydrogens is 160 g/mol. The molecule has 1 saturated carbocycles. The van der Waals surface area contributed by atoms with Crippen LogP contribution < -0.4 is 0 Å². The van der Waals surface area contributed by atoms with Crippen LogP contribution in [0.2, 0.25) is 0 Å². The molecule has 0 bridgehead atoms. The molecule has 1 heteroatoms. The van der Waals surface area contributed by atoms with Gasteiger partial charge in [-0.1, -0.05) is 27.7 Å². The Labute approximate surface area is 81.9 Å². The second kappa shape index (κ2) is 3.43. The molecular formula is C12H22O. The van der Waals surface area contributed by atoms with Gasteiger partial charge in [-0.2, -0.15) is 0 Å². The lowest BCUT2D eigenvalue weighted by atomic mass is 9.58. The topological polar surface area (TPSA) is 17.1 Å². The van der Waals surface area contributed by atoms with Gasteiger partial charge >= 0.3 is 0 Å². The molecule has 0 radical (unpaired) electrons. The third kappa shape index (κ3) is 1.95. The van der Waals surface area contributed by atoms with Crippen molar-refractivity contribution in [2.24, 2.45) is 10.8 Å². The van der Waals surface area contributed by atoms with Crippen LogP contribution in [-0.4, -0.2) is 5.78 Å². The largest absolute Gasteiger partial charge is 0.300 e. The monoisotopic (exact) mass is 182 g/mol. The minimum Gasteiger partial charge on any atom is -0.300 e. The van der Waals surface area contributed by atoms with E-state index in [9.17, 15) is 4.79 Å². The molecule has 1 aliphatic carbocycles. The molecule has 1 atom stereocenters. The van der Waals surface area contributed by atoms with Gasteiger partial charge in [0.05, 0.1) is 0 Å². The summed E-state index contributed by atoms with van der Waals surface area (Å²) in [4.78, 5) is 11.5. The summed E-state index contributed by atoms with van der Waals surface area (Å²) in [6.45, 7) is 9.04. The van der Waals surface area contributed by atoms with Gasteiger partial charge in [-0.25, -0.2) is 0 Å². The highest BCUT2D eigenvalue weighted by atomic mass is 16.1. The first-order chi connectivity index (χ1) is 5.91. The van der Waals surface area contributed by atoms with E-state index >= 15 is 0 Å². The molecule has 0 heterocycles. The van der Waals surface area contributed by atoms with Gasteiger partial charge in [0.2, 0.25) is 0 Å². The first-order valence-corrected chi connectivity index (χ1v) is 5.43. The zero-order valence-corrected chi connectivity index (χ0v) is 9.44. The number of hydrogen-bond acceptors (Lipinski definition) is 1. The third-order valence-corrected chi connectivity index (χ3v) is 3.91. The van der Waals surface area contributed by atoms with Crippen molar-refractivity contribution in [1.82, 2.24) is 0 Å². The molecule has 0 aromatic carbocycles. The fraction of sp³-hybridized carbons (Fsp3) is 0.917. The molecule has 1 unspecified atom stereocenters. The van der Waals surface area contributed by atoms with Crippen molar-refractivity contribution < 1.29 is 4.79 Å².